The molecule has 1 aliphatic heterocycles. The summed E-state index contributed by atoms with van der Waals surface area (Å²) in [5.74, 6) is 0.382. The predicted octanol–water partition coefficient (Wildman–Crippen LogP) is 1.52. The highest BCUT2D eigenvalue weighted by molar-refractivity contribution is 5.85. The Balaban J connectivity index is 2.44. The van der Waals surface area contributed by atoms with Crippen LogP contribution < -0.4 is 5.32 Å². The zero-order valence-corrected chi connectivity index (χ0v) is 7.73. The van der Waals surface area contributed by atoms with E-state index in [-0.39, 0.29) is 5.41 Å². The molecule has 0 bridgehead atoms. The van der Waals surface area contributed by atoms with Crippen LogP contribution in [0.15, 0.2) is 12.7 Å². The summed E-state index contributed by atoms with van der Waals surface area (Å²) in [4.78, 5) is 11.6. The number of carbonyl (C=O) groups excluding carboxylic acids is 1. The van der Waals surface area contributed by atoms with Crippen molar-refractivity contribution in [2.24, 2.45) is 5.41 Å². The summed E-state index contributed by atoms with van der Waals surface area (Å²) in [5, 5.41) is 3.22. The molecule has 0 aliphatic carbocycles. The van der Waals surface area contributed by atoms with Crippen LogP contribution >= 0.6 is 0 Å². The van der Waals surface area contributed by atoms with Crippen LogP contribution in [0.2, 0.25) is 0 Å². The smallest absolute Gasteiger partial charge is 0.140 e. The summed E-state index contributed by atoms with van der Waals surface area (Å²) in [6, 6.07) is 0. The molecule has 1 atom stereocenters. The van der Waals surface area contributed by atoms with Crippen molar-refractivity contribution in [1.29, 1.82) is 0 Å². The normalized spacial score (nSPS) is 28.8. The summed E-state index contributed by atoms with van der Waals surface area (Å²) in [7, 11) is 0. The first-order valence-corrected chi connectivity index (χ1v) is 4.54. The lowest BCUT2D eigenvalue weighted by molar-refractivity contribution is -0.126. The second-order valence-corrected chi connectivity index (χ2v) is 3.74. The minimum atomic E-state index is -0.0942. The summed E-state index contributed by atoms with van der Waals surface area (Å²) < 4.78 is 0. The largest absolute Gasteiger partial charge is 0.316 e. The van der Waals surface area contributed by atoms with E-state index < -0.39 is 0 Å². The van der Waals surface area contributed by atoms with Gasteiger partial charge in [0.2, 0.25) is 0 Å². The Morgan fingerprint density at radius 3 is 3.00 bits per heavy atom. The van der Waals surface area contributed by atoms with E-state index in [4.69, 9.17) is 0 Å². The van der Waals surface area contributed by atoms with Crippen molar-refractivity contribution in [3.05, 3.63) is 12.7 Å². The maximum absolute atomic E-state index is 11.6. The van der Waals surface area contributed by atoms with Crippen LogP contribution in [0, 0.1) is 5.41 Å². The minimum absolute atomic E-state index is 0.0942. The SMILES string of the molecule is C=CCCC(=O)C1(C)CCNC1. The predicted molar refractivity (Wildman–Crippen MR) is 50.0 cm³/mol. The van der Waals surface area contributed by atoms with E-state index in [1.54, 1.807) is 0 Å². The van der Waals surface area contributed by atoms with Gasteiger partial charge in [-0.1, -0.05) is 13.0 Å². The van der Waals surface area contributed by atoms with E-state index in [9.17, 15) is 4.79 Å². The average molecular weight is 167 g/mol. The Morgan fingerprint density at radius 2 is 2.50 bits per heavy atom. The molecule has 0 aromatic rings. The van der Waals surface area contributed by atoms with Gasteiger partial charge < -0.3 is 5.32 Å². The van der Waals surface area contributed by atoms with Crippen LogP contribution in [0.4, 0.5) is 0 Å². The first kappa shape index (κ1) is 9.46. The zero-order valence-electron chi connectivity index (χ0n) is 7.73. The van der Waals surface area contributed by atoms with Crippen LogP contribution in [0.5, 0.6) is 0 Å². The van der Waals surface area contributed by atoms with Gasteiger partial charge in [-0.25, -0.2) is 0 Å². The maximum atomic E-state index is 11.6. The van der Waals surface area contributed by atoms with E-state index in [2.05, 4.69) is 18.8 Å². The lowest BCUT2D eigenvalue weighted by Gasteiger charge is -2.20. The van der Waals surface area contributed by atoms with Crippen LogP contribution in [-0.4, -0.2) is 18.9 Å². The molecule has 0 spiro atoms. The Morgan fingerprint density at radius 1 is 1.75 bits per heavy atom. The third kappa shape index (κ3) is 1.95. The molecule has 2 nitrogen and oxygen atoms in total. The number of Topliss-reactive ketones (excluding diaryl/α,β-unsaturated/α-hetero) is 1. The standard InChI is InChI=1S/C10H17NO/c1-3-4-5-9(12)10(2)6-7-11-8-10/h3,11H,1,4-8H2,2H3. The van der Waals surface area contributed by atoms with Crippen LogP contribution in [-0.2, 0) is 4.79 Å². The van der Waals surface area contributed by atoms with E-state index in [1.165, 1.54) is 0 Å². The molecule has 1 N–H and O–H groups in total. The summed E-state index contributed by atoms with van der Waals surface area (Å²) in [6.07, 6.45) is 4.27. The van der Waals surface area contributed by atoms with Gasteiger partial charge in [0, 0.05) is 18.4 Å². The Bertz CT molecular complexity index is 180. The van der Waals surface area contributed by atoms with Crippen molar-refractivity contribution in [3.8, 4) is 0 Å². The number of nitrogens with one attached hydrogen (secondary N) is 1. The molecule has 0 aromatic carbocycles. The fraction of sp³-hybridized carbons (Fsp3) is 0.700. The summed E-state index contributed by atoms with van der Waals surface area (Å²) >= 11 is 0. The van der Waals surface area contributed by atoms with E-state index in [0.29, 0.717) is 12.2 Å². The van der Waals surface area contributed by atoms with Crippen molar-refractivity contribution < 1.29 is 4.79 Å². The second-order valence-electron chi connectivity index (χ2n) is 3.74. The van der Waals surface area contributed by atoms with Crippen molar-refractivity contribution in [3.63, 3.8) is 0 Å². The number of hydrogen-bond acceptors (Lipinski definition) is 2. The van der Waals surface area contributed by atoms with E-state index in [1.807, 2.05) is 6.08 Å². The first-order chi connectivity index (χ1) is 5.69. The lowest BCUT2D eigenvalue weighted by Crippen LogP contribution is -2.29. The first-order valence-electron chi connectivity index (χ1n) is 4.54. The fourth-order valence-corrected chi connectivity index (χ4v) is 1.59. The Kier molecular flexibility index (Phi) is 3.04. The Hall–Kier alpha value is -0.630. The molecule has 0 amide bonds. The van der Waals surface area contributed by atoms with Gasteiger partial charge in [0.05, 0.1) is 0 Å². The maximum Gasteiger partial charge on any atom is 0.140 e. The number of rotatable bonds is 4. The van der Waals surface area contributed by atoms with Gasteiger partial charge in [0.1, 0.15) is 5.78 Å². The second kappa shape index (κ2) is 3.85. The molecule has 1 unspecified atom stereocenters. The average Bonchev–Trinajstić information content (AvgIpc) is 2.49. The van der Waals surface area contributed by atoms with Gasteiger partial charge >= 0.3 is 0 Å². The number of allylic oxidation sites excluding steroid dienone is 1. The van der Waals surface area contributed by atoms with Crippen molar-refractivity contribution in [1.82, 2.24) is 5.32 Å². The number of carbonyl (C=O) groups is 1. The van der Waals surface area contributed by atoms with Gasteiger partial charge in [-0.2, -0.15) is 0 Å². The lowest BCUT2D eigenvalue weighted by atomic mass is 9.83. The number of ketones is 1. The molecule has 1 rings (SSSR count). The molecule has 1 heterocycles. The molecule has 0 radical (unpaired) electrons. The van der Waals surface area contributed by atoms with Crippen LogP contribution in [0.3, 0.4) is 0 Å². The quantitative estimate of drug-likeness (QED) is 0.643. The minimum Gasteiger partial charge on any atom is -0.316 e. The molecule has 12 heavy (non-hydrogen) atoms. The van der Waals surface area contributed by atoms with E-state index in [0.717, 1.165) is 25.9 Å². The van der Waals surface area contributed by atoms with Gasteiger partial charge in [-0.05, 0) is 19.4 Å². The van der Waals surface area contributed by atoms with Gasteiger partial charge in [-0.3, -0.25) is 4.79 Å². The molecule has 0 saturated carbocycles. The van der Waals surface area contributed by atoms with Gasteiger partial charge in [0.15, 0.2) is 0 Å². The van der Waals surface area contributed by atoms with Crippen molar-refractivity contribution in [2.75, 3.05) is 13.1 Å². The summed E-state index contributed by atoms with van der Waals surface area (Å²) in [5.41, 5.74) is -0.0942. The summed E-state index contributed by atoms with van der Waals surface area (Å²) in [6.45, 7) is 7.50. The Labute approximate surface area is 74.0 Å². The third-order valence-corrected chi connectivity index (χ3v) is 2.62. The van der Waals surface area contributed by atoms with Crippen LogP contribution in [0.25, 0.3) is 0 Å². The monoisotopic (exact) mass is 167 g/mol. The molecule has 1 aliphatic rings. The fourth-order valence-electron chi connectivity index (χ4n) is 1.59. The zero-order chi connectivity index (χ0) is 9.03. The highest BCUT2D eigenvalue weighted by atomic mass is 16.1. The van der Waals surface area contributed by atoms with Crippen molar-refractivity contribution in [2.45, 2.75) is 26.2 Å². The molecule has 0 aromatic heterocycles. The molecular weight excluding hydrogens is 150 g/mol. The third-order valence-electron chi connectivity index (χ3n) is 2.62. The molecule has 2 heteroatoms. The highest BCUT2D eigenvalue weighted by Crippen LogP contribution is 2.27. The molecule has 1 fully saturated rings. The topological polar surface area (TPSA) is 29.1 Å². The van der Waals surface area contributed by atoms with Gasteiger partial charge in [-0.15, -0.1) is 6.58 Å². The van der Waals surface area contributed by atoms with E-state index >= 15 is 0 Å². The van der Waals surface area contributed by atoms with Crippen molar-refractivity contribution >= 4 is 5.78 Å². The van der Waals surface area contributed by atoms with Crippen LogP contribution in [0.1, 0.15) is 26.2 Å². The molecule has 68 valence electrons. The molecule has 1 saturated heterocycles. The number of hydrogen-bond donors (Lipinski definition) is 1. The highest BCUT2D eigenvalue weighted by Gasteiger charge is 2.34. The van der Waals surface area contributed by atoms with Gasteiger partial charge in [0.25, 0.3) is 0 Å². The molecular formula is C10H17NO.